The molecule has 0 unspecified atom stereocenters. The third-order valence-electron chi connectivity index (χ3n) is 1.74. The van der Waals surface area contributed by atoms with E-state index < -0.39 is 15.8 Å². The van der Waals surface area contributed by atoms with Crippen molar-refractivity contribution in [2.45, 2.75) is 6.42 Å². The first-order chi connectivity index (χ1) is 7.44. The van der Waals surface area contributed by atoms with E-state index in [1.165, 1.54) is 12.1 Å². The summed E-state index contributed by atoms with van der Waals surface area (Å²) >= 11 is 8.54. The molecule has 0 amide bonds. The SMILES string of the molecule is O=S(=O)(CCCCl)Nc1cc(F)ccc1Br. The molecule has 0 atom stereocenters. The van der Waals surface area contributed by atoms with E-state index in [0.29, 0.717) is 10.9 Å². The molecule has 0 saturated carbocycles. The van der Waals surface area contributed by atoms with Gasteiger partial charge in [-0.05, 0) is 40.5 Å². The first-order valence-corrected chi connectivity index (χ1v) is 7.44. The second kappa shape index (κ2) is 5.84. The zero-order chi connectivity index (χ0) is 12.2. The van der Waals surface area contributed by atoms with Gasteiger partial charge in [-0.3, -0.25) is 4.72 Å². The molecule has 3 nitrogen and oxygen atoms in total. The monoisotopic (exact) mass is 329 g/mol. The van der Waals surface area contributed by atoms with E-state index in [4.69, 9.17) is 11.6 Å². The maximum absolute atomic E-state index is 12.9. The van der Waals surface area contributed by atoms with Gasteiger partial charge in [-0.15, -0.1) is 11.6 Å². The summed E-state index contributed by atoms with van der Waals surface area (Å²) in [6.45, 7) is 0. The number of sulfonamides is 1. The Morgan fingerprint density at radius 1 is 1.44 bits per heavy atom. The summed E-state index contributed by atoms with van der Waals surface area (Å²) in [6.07, 6.45) is 0.351. The average Bonchev–Trinajstić information content (AvgIpc) is 2.20. The first-order valence-electron chi connectivity index (χ1n) is 4.46. The molecule has 0 aliphatic rings. The fourth-order valence-corrected chi connectivity index (χ4v) is 2.94. The lowest BCUT2D eigenvalue weighted by atomic mass is 10.3. The van der Waals surface area contributed by atoms with Gasteiger partial charge in [0.1, 0.15) is 5.82 Å². The van der Waals surface area contributed by atoms with Crippen molar-refractivity contribution in [2.24, 2.45) is 0 Å². The molecule has 16 heavy (non-hydrogen) atoms. The van der Waals surface area contributed by atoms with Crippen molar-refractivity contribution in [1.29, 1.82) is 0 Å². The Bertz CT molecular complexity index is 467. The average molecular weight is 331 g/mol. The highest BCUT2D eigenvalue weighted by Crippen LogP contribution is 2.24. The van der Waals surface area contributed by atoms with Crippen molar-refractivity contribution in [3.8, 4) is 0 Å². The van der Waals surface area contributed by atoms with Gasteiger partial charge in [0.25, 0.3) is 0 Å². The standard InChI is InChI=1S/C9H10BrClFNO2S/c10-8-3-2-7(12)6-9(8)13-16(14,15)5-1-4-11/h2-3,6,13H,1,4-5H2. The highest BCUT2D eigenvalue weighted by molar-refractivity contribution is 9.10. The lowest BCUT2D eigenvalue weighted by molar-refractivity contribution is 0.600. The van der Waals surface area contributed by atoms with Crippen LogP contribution in [0.4, 0.5) is 10.1 Å². The van der Waals surface area contributed by atoms with Gasteiger partial charge in [-0.2, -0.15) is 0 Å². The molecule has 0 aliphatic heterocycles. The molecular formula is C9H10BrClFNO2S. The van der Waals surface area contributed by atoms with Crippen LogP contribution in [0.3, 0.4) is 0 Å². The Labute approximate surface area is 107 Å². The van der Waals surface area contributed by atoms with Crippen LogP contribution in [0.25, 0.3) is 0 Å². The van der Waals surface area contributed by atoms with Crippen LogP contribution in [-0.2, 0) is 10.0 Å². The lowest BCUT2D eigenvalue weighted by Crippen LogP contribution is -2.17. The van der Waals surface area contributed by atoms with Crippen molar-refractivity contribution >= 4 is 43.2 Å². The maximum Gasteiger partial charge on any atom is 0.232 e. The Kier molecular flexibility index (Phi) is 5.01. The van der Waals surface area contributed by atoms with E-state index >= 15 is 0 Å². The van der Waals surface area contributed by atoms with Gasteiger partial charge < -0.3 is 0 Å². The number of hydrogen-bond donors (Lipinski definition) is 1. The Morgan fingerprint density at radius 2 is 2.12 bits per heavy atom. The van der Waals surface area contributed by atoms with Gasteiger partial charge in [-0.25, -0.2) is 12.8 Å². The molecule has 0 saturated heterocycles. The van der Waals surface area contributed by atoms with Gasteiger partial charge in [0.2, 0.25) is 10.0 Å². The van der Waals surface area contributed by atoms with Gasteiger partial charge in [0, 0.05) is 10.4 Å². The maximum atomic E-state index is 12.9. The number of hydrogen-bond acceptors (Lipinski definition) is 2. The molecule has 0 bridgehead atoms. The first kappa shape index (κ1) is 13.7. The summed E-state index contributed by atoms with van der Waals surface area (Å²) < 4.78 is 38.7. The zero-order valence-corrected chi connectivity index (χ0v) is 11.4. The number of benzene rings is 1. The summed E-state index contributed by atoms with van der Waals surface area (Å²) in [5, 5.41) is 0. The van der Waals surface area contributed by atoms with Gasteiger partial charge in [-0.1, -0.05) is 0 Å². The number of halogens is 3. The predicted octanol–water partition coefficient (Wildman–Crippen LogP) is 2.96. The molecule has 0 fully saturated rings. The summed E-state index contributed by atoms with van der Waals surface area (Å²) in [4.78, 5) is 0. The molecule has 1 aromatic carbocycles. The molecule has 0 aromatic heterocycles. The lowest BCUT2D eigenvalue weighted by Gasteiger charge is -2.09. The molecule has 1 N–H and O–H groups in total. The molecule has 0 heterocycles. The topological polar surface area (TPSA) is 46.2 Å². The van der Waals surface area contributed by atoms with Crippen LogP contribution in [0.5, 0.6) is 0 Å². The quantitative estimate of drug-likeness (QED) is 0.844. The van der Waals surface area contributed by atoms with E-state index in [9.17, 15) is 12.8 Å². The molecule has 0 aliphatic carbocycles. The third-order valence-corrected chi connectivity index (χ3v) is 4.06. The van der Waals surface area contributed by atoms with E-state index in [-0.39, 0.29) is 17.3 Å². The minimum Gasteiger partial charge on any atom is -0.282 e. The van der Waals surface area contributed by atoms with E-state index in [0.717, 1.165) is 6.07 Å². The minimum absolute atomic E-state index is 0.0839. The minimum atomic E-state index is -3.47. The molecule has 90 valence electrons. The largest absolute Gasteiger partial charge is 0.282 e. The van der Waals surface area contributed by atoms with E-state index in [2.05, 4.69) is 20.7 Å². The predicted molar refractivity (Wildman–Crippen MR) is 66.8 cm³/mol. The molecule has 1 rings (SSSR count). The molecule has 1 aromatic rings. The van der Waals surface area contributed by atoms with E-state index in [1.807, 2.05) is 0 Å². The van der Waals surface area contributed by atoms with Gasteiger partial charge >= 0.3 is 0 Å². The zero-order valence-electron chi connectivity index (χ0n) is 8.21. The molecule has 0 radical (unpaired) electrons. The highest BCUT2D eigenvalue weighted by Gasteiger charge is 2.12. The summed E-state index contributed by atoms with van der Waals surface area (Å²) in [5.41, 5.74) is 0.189. The van der Waals surface area contributed by atoms with Gasteiger partial charge in [0.15, 0.2) is 0 Å². The molecule has 7 heteroatoms. The molecule has 0 spiro atoms. The van der Waals surface area contributed by atoms with Crippen molar-refractivity contribution < 1.29 is 12.8 Å². The van der Waals surface area contributed by atoms with Crippen LogP contribution in [0, 0.1) is 5.82 Å². The summed E-state index contributed by atoms with van der Waals surface area (Å²) in [5.74, 6) is -0.316. The van der Waals surface area contributed by atoms with Crippen molar-refractivity contribution in [2.75, 3.05) is 16.4 Å². The number of rotatable bonds is 5. The smallest absolute Gasteiger partial charge is 0.232 e. The third kappa shape index (κ3) is 4.27. The van der Waals surface area contributed by atoms with Crippen molar-refractivity contribution in [1.82, 2.24) is 0 Å². The Morgan fingerprint density at radius 3 is 2.75 bits per heavy atom. The van der Waals surface area contributed by atoms with Crippen LogP contribution in [0.2, 0.25) is 0 Å². The van der Waals surface area contributed by atoms with Crippen LogP contribution < -0.4 is 4.72 Å². The van der Waals surface area contributed by atoms with Crippen LogP contribution in [0.15, 0.2) is 22.7 Å². The number of nitrogens with one attached hydrogen (secondary N) is 1. The highest BCUT2D eigenvalue weighted by atomic mass is 79.9. The van der Waals surface area contributed by atoms with Crippen molar-refractivity contribution in [3.05, 3.63) is 28.5 Å². The van der Waals surface area contributed by atoms with Crippen LogP contribution >= 0.6 is 27.5 Å². The number of alkyl halides is 1. The normalized spacial score (nSPS) is 11.4. The Hall–Kier alpha value is -0.330. The van der Waals surface area contributed by atoms with Crippen LogP contribution in [0.1, 0.15) is 6.42 Å². The fourth-order valence-electron chi connectivity index (χ4n) is 1.04. The molecular weight excluding hydrogens is 321 g/mol. The van der Waals surface area contributed by atoms with Gasteiger partial charge in [0.05, 0.1) is 11.4 Å². The van der Waals surface area contributed by atoms with Crippen LogP contribution in [-0.4, -0.2) is 20.1 Å². The second-order valence-corrected chi connectivity index (χ2v) is 6.16. The Balaban J connectivity index is 2.83. The number of anilines is 1. The van der Waals surface area contributed by atoms with Crippen molar-refractivity contribution in [3.63, 3.8) is 0 Å². The summed E-state index contributed by atoms with van der Waals surface area (Å²) in [7, 11) is -3.47. The second-order valence-electron chi connectivity index (χ2n) is 3.09. The summed E-state index contributed by atoms with van der Waals surface area (Å²) in [6, 6.07) is 3.79. The fraction of sp³-hybridized carbons (Fsp3) is 0.333. The van der Waals surface area contributed by atoms with E-state index in [1.54, 1.807) is 0 Å².